The average molecular weight is 381 g/mol. The molecule has 28 heavy (non-hydrogen) atoms. The molecule has 0 bridgehead atoms. The van der Waals surface area contributed by atoms with Crippen LogP contribution in [-0.4, -0.2) is 25.2 Å². The number of aryl methyl sites for hydroxylation is 2. The van der Waals surface area contributed by atoms with Crippen LogP contribution in [0.5, 0.6) is 0 Å². The zero-order valence-corrected chi connectivity index (χ0v) is 16.8. The Hall–Kier alpha value is -2.83. The lowest BCUT2D eigenvalue weighted by Crippen LogP contribution is -2.39. The Labute approximate surface area is 163 Å². The van der Waals surface area contributed by atoms with Crippen LogP contribution in [0.3, 0.4) is 0 Å². The van der Waals surface area contributed by atoms with Crippen LogP contribution >= 0.6 is 0 Å². The van der Waals surface area contributed by atoms with Gasteiger partial charge in [0.25, 0.3) is 5.56 Å². The molecule has 7 nitrogen and oxygen atoms in total. The fourth-order valence-corrected chi connectivity index (χ4v) is 4.01. The topological polar surface area (TPSA) is 65.1 Å². The summed E-state index contributed by atoms with van der Waals surface area (Å²) < 4.78 is 4.85. The van der Waals surface area contributed by atoms with Gasteiger partial charge in [0.1, 0.15) is 0 Å². The van der Waals surface area contributed by atoms with Gasteiger partial charge in [-0.3, -0.25) is 13.9 Å². The Morgan fingerprint density at radius 2 is 1.93 bits per heavy atom. The molecule has 7 heteroatoms. The molecule has 3 heterocycles. The molecular weight excluding hydrogens is 354 g/mol. The lowest BCUT2D eigenvalue weighted by molar-refractivity contribution is 0.538. The molecule has 0 amide bonds. The number of hydrogen-bond acceptors (Lipinski definition) is 4. The molecular formula is C21H27N5O2. The standard InChI is InChI=1S/C21H27N5O2/c1-4-5-6-7-11-26-19(27)17-18(23(3)21(26)28)22-20-24(12-13-25(17)20)16-10-8-9-15(2)14-16/h8-10,14H,4-7,11-13H2,1-3H3. The number of imidazole rings is 1. The fraction of sp³-hybridized carbons (Fsp3) is 0.476. The molecule has 0 saturated carbocycles. The Bertz CT molecular complexity index is 1140. The number of unbranched alkanes of at least 4 members (excludes halogenated alkanes) is 3. The normalized spacial score (nSPS) is 13.5. The third kappa shape index (κ3) is 2.95. The first-order chi connectivity index (χ1) is 13.5. The van der Waals surface area contributed by atoms with Crippen molar-refractivity contribution >= 4 is 22.8 Å². The van der Waals surface area contributed by atoms with E-state index in [0.29, 0.717) is 24.3 Å². The highest BCUT2D eigenvalue weighted by Crippen LogP contribution is 2.31. The summed E-state index contributed by atoms with van der Waals surface area (Å²) in [4.78, 5) is 32.7. The van der Waals surface area contributed by atoms with Crippen molar-refractivity contribution in [3.63, 3.8) is 0 Å². The van der Waals surface area contributed by atoms with Crippen molar-refractivity contribution in [1.82, 2.24) is 18.7 Å². The van der Waals surface area contributed by atoms with E-state index in [9.17, 15) is 9.59 Å². The molecule has 1 aliphatic heterocycles. The molecule has 0 radical (unpaired) electrons. The smallest absolute Gasteiger partial charge is 0.310 e. The third-order valence-electron chi connectivity index (χ3n) is 5.55. The Kier molecular flexibility index (Phi) is 4.83. The molecule has 0 atom stereocenters. The molecule has 0 fully saturated rings. The summed E-state index contributed by atoms with van der Waals surface area (Å²) in [7, 11) is 1.70. The second kappa shape index (κ2) is 7.30. The lowest BCUT2D eigenvalue weighted by atomic mass is 10.2. The molecule has 2 aromatic heterocycles. The zero-order valence-electron chi connectivity index (χ0n) is 16.8. The summed E-state index contributed by atoms with van der Waals surface area (Å²) in [6, 6.07) is 8.24. The molecule has 0 unspecified atom stereocenters. The van der Waals surface area contributed by atoms with Crippen molar-refractivity contribution < 1.29 is 0 Å². The first-order valence-electron chi connectivity index (χ1n) is 10.1. The van der Waals surface area contributed by atoms with Crippen molar-refractivity contribution in [1.29, 1.82) is 0 Å². The number of nitrogens with zero attached hydrogens (tertiary/aromatic N) is 5. The van der Waals surface area contributed by atoms with Gasteiger partial charge >= 0.3 is 5.69 Å². The number of anilines is 2. The fourth-order valence-electron chi connectivity index (χ4n) is 4.01. The van der Waals surface area contributed by atoms with E-state index < -0.39 is 0 Å². The van der Waals surface area contributed by atoms with Gasteiger partial charge in [0.15, 0.2) is 11.2 Å². The summed E-state index contributed by atoms with van der Waals surface area (Å²) in [5, 5.41) is 0. The molecule has 148 valence electrons. The molecule has 0 saturated heterocycles. The summed E-state index contributed by atoms with van der Waals surface area (Å²) in [6.45, 7) is 6.11. The van der Waals surface area contributed by atoms with Crippen molar-refractivity contribution in [2.24, 2.45) is 7.05 Å². The van der Waals surface area contributed by atoms with E-state index in [1.165, 1.54) is 14.7 Å². The highest BCUT2D eigenvalue weighted by Gasteiger charge is 2.28. The second-order valence-electron chi connectivity index (χ2n) is 7.59. The maximum Gasteiger partial charge on any atom is 0.332 e. The van der Waals surface area contributed by atoms with Gasteiger partial charge in [-0.15, -0.1) is 0 Å². The predicted molar refractivity (Wildman–Crippen MR) is 112 cm³/mol. The monoisotopic (exact) mass is 381 g/mol. The van der Waals surface area contributed by atoms with Crippen LogP contribution < -0.4 is 16.1 Å². The van der Waals surface area contributed by atoms with E-state index in [0.717, 1.165) is 43.9 Å². The second-order valence-corrected chi connectivity index (χ2v) is 7.59. The highest BCUT2D eigenvalue weighted by atomic mass is 16.2. The van der Waals surface area contributed by atoms with E-state index >= 15 is 0 Å². The van der Waals surface area contributed by atoms with Crippen LogP contribution in [0.4, 0.5) is 11.6 Å². The van der Waals surface area contributed by atoms with Gasteiger partial charge in [-0.2, -0.15) is 4.98 Å². The van der Waals surface area contributed by atoms with E-state index in [1.54, 1.807) is 7.05 Å². The van der Waals surface area contributed by atoms with Crippen LogP contribution in [0.1, 0.15) is 38.2 Å². The van der Waals surface area contributed by atoms with Gasteiger partial charge in [0, 0.05) is 32.4 Å². The minimum Gasteiger partial charge on any atom is -0.310 e. The molecule has 1 aromatic carbocycles. The summed E-state index contributed by atoms with van der Waals surface area (Å²) in [5.74, 6) is 0.733. The largest absolute Gasteiger partial charge is 0.332 e. The minimum absolute atomic E-state index is 0.223. The van der Waals surface area contributed by atoms with Gasteiger partial charge in [-0.1, -0.05) is 38.3 Å². The first kappa shape index (κ1) is 18.5. The van der Waals surface area contributed by atoms with E-state index in [1.807, 2.05) is 16.7 Å². The maximum atomic E-state index is 13.2. The van der Waals surface area contributed by atoms with Crippen LogP contribution in [0, 0.1) is 6.92 Å². The summed E-state index contributed by atoms with van der Waals surface area (Å²) >= 11 is 0. The zero-order chi connectivity index (χ0) is 19.8. The van der Waals surface area contributed by atoms with E-state index in [-0.39, 0.29) is 11.2 Å². The van der Waals surface area contributed by atoms with Crippen LogP contribution in [-0.2, 0) is 20.1 Å². The van der Waals surface area contributed by atoms with Gasteiger partial charge in [0.2, 0.25) is 5.95 Å². The van der Waals surface area contributed by atoms with Crippen LogP contribution in [0.25, 0.3) is 11.2 Å². The molecule has 3 aromatic rings. The molecule has 0 N–H and O–H groups in total. The Morgan fingerprint density at radius 1 is 1.11 bits per heavy atom. The number of benzene rings is 1. The van der Waals surface area contributed by atoms with Crippen LogP contribution in [0.15, 0.2) is 33.9 Å². The predicted octanol–water partition coefficient (Wildman–Crippen LogP) is 2.94. The van der Waals surface area contributed by atoms with Crippen molar-refractivity contribution in [3.05, 3.63) is 50.7 Å². The summed E-state index contributed by atoms with van der Waals surface area (Å²) in [5.41, 5.74) is 2.72. The number of rotatable bonds is 6. The minimum atomic E-state index is -0.284. The average Bonchev–Trinajstić information content (AvgIpc) is 3.25. The van der Waals surface area contributed by atoms with Gasteiger partial charge in [-0.05, 0) is 31.0 Å². The molecule has 0 aliphatic carbocycles. The Morgan fingerprint density at radius 3 is 2.68 bits per heavy atom. The highest BCUT2D eigenvalue weighted by molar-refractivity contribution is 5.77. The lowest BCUT2D eigenvalue weighted by Gasteiger charge is -2.16. The van der Waals surface area contributed by atoms with Gasteiger partial charge < -0.3 is 9.47 Å². The van der Waals surface area contributed by atoms with Crippen molar-refractivity contribution in [3.8, 4) is 0 Å². The quantitative estimate of drug-likeness (QED) is 0.616. The van der Waals surface area contributed by atoms with Crippen molar-refractivity contribution in [2.75, 3.05) is 11.4 Å². The van der Waals surface area contributed by atoms with Gasteiger partial charge in [-0.25, -0.2) is 4.79 Å². The molecule has 1 aliphatic rings. The number of hydrogen-bond donors (Lipinski definition) is 0. The number of aromatic nitrogens is 4. The molecule has 0 spiro atoms. The van der Waals surface area contributed by atoms with E-state index in [4.69, 9.17) is 4.98 Å². The van der Waals surface area contributed by atoms with Crippen LogP contribution in [0.2, 0.25) is 0 Å². The SMILES string of the molecule is CCCCCCn1c(=O)c2c(nc3n2CCN3c2cccc(C)c2)n(C)c1=O. The first-order valence-corrected chi connectivity index (χ1v) is 10.1. The number of fused-ring (bicyclic) bond motifs is 3. The van der Waals surface area contributed by atoms with Crippen molar-refractivity contribution in [2.45, 2.75) is 52.6 Å². The van der Waals surface area contributed by atoms with E-state index in [2.05, 4.69) is 30.9 Å². The Balaban J connectivity index is 1.81. The molecule has 4 rings (SSSR count). The maximum absolute atomic E-state index is 13.2. The summed E-state index contributed by atoms with van der Waals surface area (Å²) in [6.07, 6.45) is 4.10. The third-order valence-corrected chi connectivity index (χ3v) is 5.55. The van der Waals surface area contributed by atoms with Gasteiger partial charge in [0.05, 0.1) is 0 Å².